The van der Waals surface area contributed by atoms with E-state index < -0.39 is 0 Å². The van der Waals surface area contributed by atoms with Crippen molar-refractivity contribution in [3.8, 4) is 34.2 Å². The number of rotatable bonds is 4. The van der Waals surface area contributed by atoms with E-state index in [1.54, 1.807) is 0 Å². The summed E-state index contributed by atoms with van der Waals surface area (Å²) < 4.78 is 0. The van der Waals surface area contributed by atoms with Crippen LogP contribution < -0.4 is 4.90 Å². The number of fused-ring (bicyclic) bond motifs is 8. The van der Waals surface area contributed by atoms with Crippen molar-refractivity contribution < 1.29 is 0 Å². The molecule has 0 fully saturated rings. The second-order valence-electron chi connectivity index (χ2n) is 14.2. The first-order valence-corrected chi connectivity index (χ1v) is 16.6. The molecule has 4 heteroatoms. The summed E-state index contributed by atoms with van der Waals surface area (Å²) in [6, 6.07) is 42.6. The van der Waals surface area contributed by atoms with E-state index in [1.807, 2.05) is 36.4 Å². The molecule has 0 amide bonds. The lowest BCUT2D eigenvalue weighted by Gasteiger charge is -2.44. The zero-order valence-corrected chi connectivity index (χ0v) is 27.1. The summed E-state index contributed by atoms with van der Waals surface area (Å²) in [5.74, 6) is 2.65. The molecule has 228 valence electrons. The van der Waals surface area contributed by atoms with E-state index in [9.17, 15) is 0 Å². The number of para-hydroxylation sites is 2. The maximum Gasteiger partial charge on any atom is 0.164 e. The molecule has 1 aromatic heterocycles. The van der Waals surface area contributed by atoms with Crippen molar-refractivity contribution in [2.75, 3.05) is 4.90 Å². The molecule has 6 aromatic rings. The van der Waals surface area contributed by atoms with E-state index in [0.717, 1.165) is 28.2 Å². The largest absolute Gasteiger partial charge is 0.310 e. The molecular weight excluding hydrogens is 573 g/mol. The SMILES string of the molecule is CC1(C)c2ccccc2N(c2ccccc2)c2cc(-c3nc(-c4ccccc4)nc(-c4ccccc4)n3)c3c(c21)C1C=CC3C1(C)C. The minimum atomic E-state index is -0.211. The van der Waals surface area contributed by atoms with Gasteiger partial charge in [0.25, 0.3) is 0 Å². The summed E-state index contributed by atoms with van der Waals surface area (Å²) in [7, 11) is 0. The van der Waals surface area contributed by atoms with Crippen LogP contribution in [0.1, 0.15) is 61.8 Å². The zero-order valence-electron chi connectivity index (χ0n) is 27.1. The van der Waals surface area contributed by atoms with Gasteiger partial charge in [-0.15, -0.1) is 0 Å². The fourth-order valence-electron chi connectivity index (χ4n) is 8.47. The minimum absolute atomic E-state index is 0.0361. The molecule has 9 rings (SSSR count). The standard InChI is InChI=1S/C43H36N4/c1-42(2)32-24-25-33(42)37-36(32)30(41-45-39(27-16-8-5-9-17-27)44-40(46-41)28-18-10-6-11-19-28)26-35-38(37)43(3,4)31-22-14-15-23-34(31)47(35)29-20-12-7-13-21-29/h5-26,32-33H,1-4H3. The first-order valence-electron chi connectivity index (χ1n) is 16.6. The smallest absolute Gasteiger partial charge is 0.164 e. The quantitative estimate of drug-likeness (QED) is 0.187. The Morgan fingerprint density at radius 1 is 0.532 bits per heavy atom. The highest BCUT2D eigenvalue weighted by molar-refractivity contribution is 5.91. The topological polar surface area (TPSA) is 41.9 Å². The summed E-state index contributed by atoms with van der Waals surface area (Å²) in [6.07, 6.45) is 4.89. The van der Waals surface area contributed by atoms with Crippen molar-refractivity contribution in [3.05, 3.63) is 156 Å². The van der Waals surface area contributed by atoms with Crippen LogP contribution in [0.4, 0.5) is 17.1 Å². The molecule has 1 aliphatic heterocycles. The summed E-state index contributed by atoms with van der Waals surface area (Å²) in [6.45, 7) is 9.66. The maximum absolute atomic E-state index is 5.27. The van der Waals surface area contributed by atoms with Gasteiger partial charge in [0.1, 0.15) is 0 Å². The number of allylic oxidation sites excluding steroid dienone is 2. The monoisotopic (exact) mass is 608 g/mol. The predicted molar refractivity (Wildman–Crippen MR) is 191 cm³/mol. The molecule has 0 spiro atoms. The van der Waals surface area contributed by atoms with Gasteiger partial charge in [0, 0.05) is 39.6 Å². The Labute approximate surface area is 276 Å². The average Bonchev–Trinajstić information content (AvgIpc) is 3.53. The fraction of sp³-hybridized carbons (Fsp3) is 0.186. The minimum Gasteiger partial charge on any atom is -0.310 e. The number of hydrogen-bond donors (Lipinski definition) is 0. The number of hydrogen-bond acceptors (Lipinski definition) is 4. The molecule has 0 N–H and O–H groups in total. The average molecular weight is 609 g/mol. The van der Waals surface area contributed by atoms with Crippen LogP contribution in [0.3, 0.4) is 0 Å². The number of benzene rings is 5. The van der Waals surface area contributed by atoms with Crippen molar-refractivity contribution in [1.82, 2.24) is 15.0 Å². The van der Waals surface area contributed by atoms with Gasteiger partial charge in [0.2, 0.25) is 0 Å². The third-order valence-electron chi connectivity index (χ3n) is 10.7. The lowest BCUT2D eigenvalue weighted by molar-refractivity contribution is 0.342. The van der Waals surface area contributed by atoms with Crippen LogP contribution in [0.2, 0.25) is 0 Å². The fourth-order valence-corrected chi connectivity index (χ4v) is 8.47. The molecule has 4 nitrogen and oxygen atoms in total. The van der Waals surface area contributed by atoms with Crippen LogP contribution in [-0.2, 0) is 5.41 Å². The van der Waals surface area contributed by atoms with E-state index in [1.165, 1.54) is 33.6 Å². The first kappa shape index (κ1) is 27.9. The van der Waals surface area contributed by atoms with Crippen LogP contribution in [0.15, 0.2) is 133 Å². The van der Waals surface area contributed by atoms with Crippen molar-refractivity contribution in [1.29, 1.82) is 0 Å². The Hall–Kier alpha value is -5.35. The highest BCUT2D eigenvalue weighted by Crippen LogP contribution is 2.67. The Balaban J connectivity index is 1.39. The molecule has 2 aliphatic carbocycles. The van der Waals surface area contributed by atoms with Gasteiger partial charge in [0.05, 0.1) is 11.4 Å². The molecule has 0 saturated carbocycles. The summed E-state index contributed by atoms with van der Waals surface area (Å²) in [4.78, 5) is 18.0. The van der Waals surface area contributed by atoms with Gasteiger partial charge in [-0.1, -0.05) is 137 Å². The summed E-state index contributed by atoms with van der Waals surface area (Å²) in [5, 5.41) is 0. The lowest BCUT2D eigenvalue weighted by Crippen LogP contribution is -2.33. The van der Waals surface area contributed by atoms with E-state index in [4.69, 9.17) is 15.0 Å². The molecule has 2 heterocycles. The van der Waals surface area contributed by atoms with Gasteiger partial charge in [-0.2, -0.15) is 0 Å². The van der Waals surface area contributed by atoms with Crippen molar-refractivity contribution in [2.24, 2.45) is 5.41 Å². The Kier molecular flexibility index (Phi) is 5.98. The normalized spacial score (nSPS) is 19.3. The molecule has 5 aromatic carbocycles. The van der Waals surface area contributed by atoms with Gasteiger partial charge >= 0.3 is 0 Å². The molecule has 0 saturated heterocycles. The van der Waals surface area contributed by atoms with E-state index in [0.29, 0.717) is 17.6 Å². The van der Waals surface area contributed by atoms with E-state index in [-0.39, 0.29) is 16.7 Å². The van der Waals surface area contributed by atoms with E-state index >= 15 is 0 Å². The Morgan fingerprint density at radius 2 is 1.04 bits per heavy atom. The predicted octanol–water partition coefficient (Wildman–Crippen LogP) is 10.8. The molecule has 2 bridgehead atoms. The Morgan fingerprint density at radius 3 is 1.66 bits per heavy atom. The van der Waals surface area contributed by atoms with Gasteiger partial charge in [-0.3, -0.25) is 0 Å². The van der Waals surface area contributed by atoms with Crippen molar-refractivity contribution >= 4 is 17.1 Å². The van der Waals surface area contributed by atoms with E-state index in [2.05, 4.69) is 130 Å². The van der Waals surface area contributed by atoms with Crippen LogP contribution in [0, 0.1) is 5.41 Å². The highest BCUT2D eigenvalue weighted by Gasteiger charge is 2.54. The van der Waals surface area contributed by atoms with Gasteiger partial charge in [0.15, 0.2) is 17.5 Å². The summed E-state index contributed by atoms with van der Waals surface area (Å²) in [5.41, 5.74) is 12.0. The molecular formula is C43H36N4. The first-order chi connectivity index (χ1) is 22.8. The molecule has 2 unspecified atom stereocenters. The highest BCUT2D eigenvalue weighted by atomic mass is 15.2. The molecule has 2 atom stereocenters. The number of aromatic nitrogens is 3. The Bertz CT molecular complexity index is 2140. The number of nitrogens with zero attached hydrogens (tertiary/aromatic N) is 4. The number of anilines is 3. The van der Waals surface area contributed by atoms with Crippen LogP contribution in [0.5, 0.6) is 0 Å². The van der Waals surface area contributed by atoms with Crippen LogP contribution in [0.25, 0.3) is 34.2 Å². The summed E-state index contributed by atoms with van der Waals surface area (Å²) >= 11 is 0. The molecule has 3 aliphatic rings. The van der Waals surface area contributed by atoms with Gasteiger partial charge in [-0.05, 0) is 51.9 Å². The second-order valence-corrected chi connectivity index (χ2v) is 14.2. The lowest BCUT2D eigenvalue weighted by atomic mass is 9.68. The third kappa shape index (κ3) is 4.04. The molecule has 0 radical (unpaired) electrons. The third-order valence-corrected chi connectivity index (χ3v) is 10.7. The van der Waals surface area contributed by atoms with Gasteiger partial charge in [-0.25, -0.2) is 15.0 Å². The van der Waals surface area contributed by atoms with Crippen molar-refractivity contribution in [3.63, 3.8) is 0 Å². The van der Waals surface area contributed by atoms with Gasteiger partial charge < -0.3 is 4.90 Å². The second kappa shape index (κ2) is 10.1. The van der Waals surface area contributed by atoms with Crippen LogP contribution >= 0.6 is 0 Å². The van der Waals surface area contributed by atoms with Crippen LogP contribution in [-0.4, -0.2) is 15.0 Å². The van der Waals surface area contributed by atoms with Crippen molar-refractivity contribution in [2.45, 2.75) is 44.9 Å². The zero-order chi connectivity index (χ0) is 31.9. The maximum atomic E-state index is 5.27. The molecule has 47 heavy (non-hydrogen) atoms.